The van der Waals surface area contributed by atoms with Crippen LogP contribution in [0.3, 0.4) is 0 Å². The molecule has 9 heteroatoms. The minimum Gasteiger partial charge on any atom is -0.440 e. The molecule has 0 saturated carbocycles. The van der Waals surface area contributed by atoms with Crippen LogP contribution in [-0.4, -0.2) is 21.2 Å². The van der Waals surface area contributed by atoms with Gasteiger partial charge < -0.3 is 20.1 Å². The summed E-state index contributed by atoms with van der Waals surface area (Å²) in [5.74, 6) is -0.671. The van der Waals surface area contributed by atoms with Crippen molar-refractivity contribution in [1.82, 2.24) is 4.57 Å². The first kappa shape index (κ1) is 20.1. The molecule has 1 unspecified atom stereocenters. The van der Waals surface area contributed by atoms with Gasteiger partial charge in [-0.25, -0.2) is 0 Å². The van der Waals surface area contributed by atoms with E-state index in [4.69, 9.17) is 10.5 Å². The second-order valence-electron chi connectivity index (χ2n) is 6.62. The molecule has 0 amide bonds. The molecular weight excluding hydrogens is 376 g/mol. The van der Waals surface area contributed by atoms with Gasteiger partial charge in [0.15, 0.2) is 0 Å². The summed E-state index contributed by atoms with van der Waals surface area (Å²) in [4.78, 5) is 23.7. The van der Waals surface area contributed by atoms with Gasteiger partial charge in [0, 0.05) is 30.4 Å². The zero-order chi connectivity index (χ0) is 21.1. The van der Waals surface area contributed by atoms with Gasteiger partial charge in [0.1, 0.15) is 17.4 Å². The number of nitriles is 1. The van der Waals surface area contributed by atoms with Crippen molar-refractivity contribution in [2.75, 3.05) is 6.61 Å². The number of rotatable bonds is 6. The van der Waals surface area contributed by atoms with Crippen LogP contribution in [0.5, 0.6) is 5.75 Å². The van der Waals surface area contributed by atoms with Crippen molar-refractivity contribution in [3.63, 3.8) is 0 Å². The highest BCUT2D eigenvalue weighted by atomic mass is 16.6. The van der Waals surface area contributed by atoms with E-state index in [1.165, 1.54) is 28.8 Å². The summed E-state index contributed by atoms with van der Waals surface area (Å²) in [6.45, 7) is 1.85. The van der Waals surface area contributed by atoms with E-state index in [0.29, 0.717) is 17.7 Å². The van der Waals surface area contributed by atoms with Crippen LogP contribution in [0.15, 0.2) is 46.6 Å². The van der Waals surface area contributed by atoms with E-state index in [1.54, 1.807) is 6.07 Å². The zero-order valence-corrected chi connectivity index (χ0v) is 15.8. The van der Waals surface area contributed by atoms with Gasteiger partial charge in [0.2, 0.25) is 5.88 Å². The van der Waals surface area contributed by atoms with Gasteiger partial charge in [-0.05, 0) is 12.0 Å². The number of nitro benzene ring substituents is 1. The van der Waals surface area contributed by atoms with Crippen LogP contribution in [-0.2, 0) is 13.0 Å². The molecule has 2 aromatic rings. The third kappa shape index (κ3) is 3.58. The standard InChI is InChI=1S/C20H20N4O5/c1-2-3-14-10-16-18(20(26)23(14)8-9-25)17(15(11-21)19(22)29-16)12-4-6-13(7-5-12)24(27)28/h4-7,10,17,25H,2-3,8-9,22H2,1H3. The van der Waals surface area contributed by atoms with Gasteiger partial charge in [-0.15, -0.1) is 0 Å². The molecule has 29 heavy (non-hydrogen) atoms. The summed E-state index contributed by atoms with van der Waals surface area (Å²) in [5, 5.41) is 30.0. The molecular formula is C20H20N4O5. The number of non-ortho nitro benzene ring substituents is 1. The summed E-state index contributed by atoms with van der Waals surface area (Å²) >= 11 is 0. The number of hydrogen-bond donors (Lipinski definition) is 2. The average Bonchev–Trinajstić information content (AvgIpc) is 2.70. The number of nitro groups is 1. The van der Waals surface area contributed by atoms with Gasteiger partial charge in [-0.3, -0.25) is 14.9 Å². The Bertz CT molecular complexity index is 1080. The molecule has 2 heterocycles. The molecule has 1 atom stereocenters. The van der Waals surface area contributed by atoms with Gasteiger partial charge >= 0.3 is 0 Å². The van der Waals surface area contributed by atoms with Crippen molar-refractivity contribution in [3.8, 4) is 11.8 Å². The molecule has 1 aliphatic heterocycles. The van der Waals surface area contributed by atoms with Crippen molar-refractivity contribution in [3.05, 3.63) is 79.1 Å². The highest BCUT2D eigenvalue weighted by Crippen LogP contribution is 2.40. The Balaban J connectivity index is 2.26. The van der Waals surface area contributed by atoms with E-state index in [0.717, 1.165) is 6.42 Å². The smallest absolute Gasteiger partial charge is 0.269 e. The van der Waals surface area contributed by atoms with Gasteiger partial charge in [0.05, 0.1) is 23.0 Å². The summed E-state index contributed by atoms with van der Waals surface area (Å²) in [6, 6.07) is 9.32. The number of aliphatic hydroxyl groups is 1. The van der Waals surface area contributed by atoms with E-state index < -0.39 is 10.8 Å². The van der Waals surface area contributed by atoms with Gasteiger partial charge in [-0.2, -0.15) is 5.26 Å². The second kappa shape index (κ2) is 8.16. The number of aromatic nitrogens is 1. The second-order valence-corrected chi connectivity index (χ2v) is 6.62. The number of aryl methyl sites for hydroxylation is 1. The van der Waals surface area contributed by atoms with Crippen LogP contribution in [0, 0.1) is 21.4 Å². The summed E-state index contributed by atoms with van der Waals surface area (Å²) < 4.78 is 7.07. The maximum Gasteiger partial charge on any atom is 0.269 e. The molecule has 0 spiro atoms. The summed E-state index contributed by atoms with van der Waals surface area (Å²) in [5.41, 5.74) is 6.95. The molecule has 1 aliphatic rings. The molecule has 1 aromatic carbocycles. The quantitative estimate of drug-likeness (QED) is 0.560. The van der Waals surface area contributed by atoms with E-state index >= 15 is 0 Å². The predicted molar refractivity (Wildman–Crippen MR) is 104 cm³/mol. The Hall–Kier alpha value is -3.64. The number of hydrogen-bond acceptors (Lipinski definition) is 7. The normalized spacial score (nSPS) is 15.4. The first-order chi connectivity index (χ1) is 13.9. The van der Waals surface area contributed by atoms with Gasteiger partial charge in [-0.1, -0.05) is 25.5 Å². The molecule has 0 radical (unpaired) electrons. The van der Waals surface area contributed by atoms with Crippen LogP contribution in [0.1, 0.15) is 36.1 Å². The molecule has 0 saturated heterocycles. The van der Waals surface area contributed by atoms with Crippen LogP contribution in [0.2, 0.25) is 0 Å². The molecule has 0 fully saturated rings. The third-order valence-corrected chi connectivity index (χ3v) is 4.84. The maximum atomic E-state index is 13.3. The topological polar surface area (TPSA) is 144 Å². The molecule has 9 nitrogen and oxygen atoms in total. The number of pyridine rings is 1. The summed E-state index contributed by atoms with van der Waals surface area (Å²) in [7, 11) is 0. The Kier molecular flexibility index (Phi) is 5.66. The number of fused-ring (bicyclic) bond motifs is 1. The number of allylic oxidation sites excluding steroid dienone is 1. The number of aliphatic hydroxyl groups excluding tert-OH is 1. The molecule has 3 N–H and O–H groups in total. The van der Waals surface area contributed by atoms with Crippen LogP contribution < -0.4 is 16.0 Å². The number of benzene rings is 1. The van der Waals surface area contributed by atoms with Crippen LogP contribution in [0.4, 0.5) is 5.69 Å². The molecule has 0 bridgehead atoms. The molecule has 3 rings (SSSR count). The van der Waals surface area contributed by atoms with Gasteiger partial charge in [0.25, 0.3) is 11.2 Å². The number of nitrogens with zero attached hydrogens (tertiary/aromatic N) is 3. The Labute approximate surface area is 166 Å². The van der Waals surface area contributed by atoms with E-state index in [9.17, 15) is 25.3 Å². The van der Waals surface area contributed by atoms with Crippen LogP contribution in [0.25, 0.3) is 0 Å². The zero-order valence-electron chi connectivity index (χ0n) is 15.8. The highest BCUT2D eigenvalue weighted by Gasteiger charge is 2.34. The lowest BCUT2D eigenvalue weighted by Crippen LogP contribution is -2.34. The fraction of sp³-hybridized carbons (Fsp3) is 0.300. The highest BCUT2D eigenvalue weighted by molar-refractivity contribution is 5.56. The lowest BCUT2D eigenvalue weighted by molar-refractivity contribution is -0.384. The SMILES string of the molecule is CCCc1cc2c(c(=O)n1CCO)C(c1ccc([N+](=O)[O-])cc1)C(C#N)=C(N)O2. The lowest BCUT2D eigenvalue weighted by Gasteiger charge is -2.27. The van der Waals surface area contributed by atoms with Crippen molar-refractivity contribution < 1.29 is 14.8 Å². The fourth-order valence-corrected chi connectivity index (χ4v) is 3.55. The van der Waals surface area contributed by atoms with E-state index in [1.807, 2.05) is 13.0 Å². The first-order valence-corrected chi connectivity index (χ1v) is 9.12. The first-order valence-electron chi connectivity index (χ1n) is 9.12. The molecule has 150 valence electrons. The minimum absolute atomic E-state index is 0.0576. The maximum absolute atomic E-state index is 13.3. The fourth-order valence-electron chi connectivity index (χ4n) is 3.55. The predicted octanol–water partition coefficient (Wildman–Crippen LogP) is 1.92. The van der Waals surface area contributed by atoms with Crippen molar-refractivity contribution in [2.24, 2.45) is 5.73 Å². The average molecular weight is 396 g/mol. The molecule has 1 aromatic heterocycles. The van der Waals surface area contributed by atoms with Crippen molar-refractivity contribution in [1.29, 1.82) is 5.26 Å². The van der Waals surface area contributed by atoms with E-state index in [-0.39, 0.29) is 47.2 Å². The van der Waals surface area contributed by atoms with Crippen molar-refractivity contribution >= 4 is 5.69 Å². The summed E-state index contributed by atoms with van der Waals surface area (Å²) in [6.07, 6.45) is 1.38. The Morgan fingerprint density at radius 2 is 2.07 bits per heavy atom. The number of ether oxygens (including phenoxy) is 1. The monoisotopic (exact) mass is 396 g/mol. The largest absolute Gasteiger partial charge is 0.440 e. The Morgan fingerprint density at radius 1 is 1.38 bits per heavy atom. The van der Waals surface area contributed by atoms with Crippen molar-refractivity contribution in [2.45, 2.75) is 32.2 Å². The lowest BCUT2D eigenvalue weighted by atomic mass is 9.84. The molecule has 0 aliphatic carbocycles. The minimum atomic E-state index is -0.822. The Morgan fingerprint density at radius 3 is 2.62 bits per heavy atom. The number of nitrogens with two attached hydrogens (primary N) is 1. The third-order valence-electron chi connectivity index (χ3n) is 4.84. The van der Waals surface area contributed by atoms with Crippen LogP contribution >= 0.6 is 0 Å². The van der Waals surface area contributed by atoms with E-state index in [2.05, 4.69) is 0 Å².